The average Bonchev–Trinajstić information content (AvgIpc) is 3.28. The Bertz CT molecular complexity index is 1160. The van der Waals surface area contributed by atoms with E-state index in [1.165, 1.54) is 0 Å². The van der Waals surface area contributed by atoms with Crippen LogP contribution in [0.2, 0.25) is 0 Å². The highest BCUT2D eigenvalue weighted by Crippen LogP contribution is 2.25. The molecule has 0 aliphatic heterocycles. The largest absolute Gasteiger partial charge is 0.416 e. The Morgan fingerprint density at radius 1 is 0.871 bits per heavy atom. The molecule has 0 bridgehead atoms. The van der Waals surface area contributed by atoms with E-state index in [0.29, 0.717) is 23.9 Å². The predicted octanol–water partition coefficient (Wildman–Crippen LogP) is 5.76. The second-order valence-corrected chi connectivity index (χ2v) is 7.87. The summed E-state index contributed by atoms with van der Waals surface area (Å²) in [4.78, 5) is 15.0. The molecule has 1 heterocycles. The first-order valence-electron chi connectivity index (χ1n) is 10.4. The minimum absolute atomic E-state index is 0.00335. The minimum Gasteiger partial charge on any atom is -0.416 e. The van der Waals surface area contributed by atoms with Crippen molar-refractivity contribution in [1.29, 1.82) is 0 Å². The van der Waals surface area contributed by atoms with Crippen molar-refractivity contribution in [2.24, 2.45) is 0 Å². The van der Waals surface area contributed by atoms with Gasteiger partial charge in [0.25, 0.3) is 5.91 Å². The number of benzene rings is 3. The van der Waals surface area contributed by atoms with Crippen molar-refractivity contribution in [2.75, 3.05) is 0 Å². The van der Waals surface area contributed by atoms with Crippen LogP contribution < -0.4 is 0 Å². The molecule has 5 heteroatoms. The summed E-state index contributed by atoms with van der Waals surface area (Å²) in [5, 5.41) is 8.34. The van der Waals surface area contributed by atoms with Crippen LogP contribution in [0.3, 0.4) is 0 Å². The number of nitrogens with zero attached hydrogens (tertiary/aromatic N) is 3. The Labute approximate surface area is 182 Å². The molecule has 4 aromatic rings. The summed E-state index contributed by atoms with van der Waals surface area (Å²) in [6.45, 7) is 6.65. The Balaban J connectivity index is 1.53. The molecule has 31 heavy (non-hydrogen) atoms. The molecular formula is C26H25N3O2. The molecule has 156 valence electrons. The third-order valence-corrected chi connectivity index (χ3v) is 5.15. The van der Waals surface area contributed by atoms with Gasteiger partial charge in [-0.05, 0) is 62.7 Å². The molecule has 0 spiro atoms. The van der Waals surface area contributed by atoms with E-state index in [1.54, 1.807) is 0 Å². The zero-order valence-corrected chi connectivity index (χ0v) is 17.9. The third-order valence-electron chi connectivity index (χ3n) is 5.15. The highest BCUT2D eigenvalue weighted by molar-refractivity contribution is 5.94. The van der Waals surface area contributed by atoms with E-state index in [2.05, 4.69) is 10.2 Å². The SMILES string of the molecule is Cc1cccc(-c2nnc(-c3ccc(C(=O)N(Cc4ccccc4)C(C)C)cc3)o2)c1. The molecule has 0 N–H and O–H groups in total. The molecule has 0 aliphatic carbocycles. The van der Waals surface area contributed by atoms with Crippen LogP contribution in [-0.4, -0.2) is 27.0 Å². The molecule has 3 aromatic carbocycles. The maximum absolute atomic E-state index is 13.1. The maximum atomic E-state index is 13.1. The Kier molecular flexibility index (Phi) is 5.94. The van der Waals surface area contributed by atoms with E-state index in [-0.39, 0.29) is 11.9 Å². The van der Waals surface area contributed by atoms with Gasteiger partial charge in [0.2, 0.25) is 11.8 Å². The van der Waals surface area contributed by atoms with Crippen LogP contribution in [0.15, 0.2) is 83.3 Å². The minimum atomic E-state index is -0.00335. The first-order valence-corrected chi connectivity index (χ1v) is 10.4. The van der Waals surface area contributed by atoms with E-state index in [9.17, 15) is 4.79 Å². The summed E-state index contributed by atoms with van der Waals surface area (Å²) in [7, 11) is 0. The van der Waals surface area contributed by atoms with Gasteiger partial charge in [-0.3, -0.25) is 4.79 Å². The first-order chi connectivity index (χ1) is 15.0. The van der Waals surface area contributed by atoms with Crippen LogP contribution in [0.1, 0.15) is 35.3 Å². The van der Waals surface area contributed by atoms with Gasteiger partial charge in [0.05, 0.1) is 0 Å². The second kappa shape index (κ2) is 8.96. The molecule has 0 fully saturated rings. The average molecular weight is 412 g/mol. The van der Waals surface area contributed by atoms with E-state index >= 15 is 0 Å². The van der Waals surface area contributed by atoms with Crippen molar-refractivity contribution in [1.82, 2.24) is 15.1 Å². The Morgan fingerprint density at radius 3 is 2.19 bits per heavy atom. The number of carbonyl (C=O) groups excluding carboxylic acids is 1. The molecule has 0 saturated carbocycles. The summed E-state index contributed by atoms with van der Waals surface area (Å²) in [6.07, 6.45) is 0. The first kappa shape index (κ1) is 20.5. The normalized spacial score (nSPS) is 11.0. The zero-order chi connectivity index (χ0) is 21.8. The van der Waals surface area contributed by atoms with Gasteiger partial charge in [-0.25, -0.2) is 0 Å². The third kappa shape index (κ3) is 4.72. The lowest BCUT2D eigenvalue weighted by atomic mass is 10.1. The maximum Gasteiger partial charge on any atom is 0.254 e. The molecule has 1 amide bonds. The summed E-state index contributed by atoms with van der Waals surface area (Å²) < 4.78 is 5.86. The lowest BCUT2D eigenvalue weighted by Crippen LogP contribution is -2.36. The van der Waals surface area contributed by atoms with Crippen LogP contribution >= 0.6 is 0 Å². The molecule has 5 nitrogen and oxygen atoms in total. The van der Waals surface area contributed by atoms with Crippen molar-refractivity contribution >= 4 is 5.91 Å². The number of rotatable bonds is 6. The van der Waals surface area contributed by atoms with Crippen molar-refractivity contribution in [3.63, 3.8) is 0 Å². The number of aryl methyl sites for hydroxylation is 1. The Hall–Kier alpha value is -3.73. The fraction of sp³-hybridized carbons (Fsp3) is 0.192. The zero-order valence-electron chi connectivity index (χ0n) is 17.9. The van der Waals surface area contributed by atoms with Crippen LogP contribution in [0.25, 0.3) is 22.9 Å². The molecule has 0 saturated heterocycles. The standard InChI is InChI=1S/C26H25N3O2/c1-18(2)29(17-20-9-5-4-6-10-20)26(30)22-14-12-21(13-15-22)24-27-28-25(31-24)23-11-7-8-19(3)16-23/h4-16,18H,17H2,1-3H3. The van der Waals surface area contributed by atoms with Crippen LogP contribution in [0, 0.1) is 6.92 Å². The monoisotopic (exact) mass is 411 g/mol. The van der Waals surface area contributed by atoms with E-state index in [1.807, 2.05) is 105 Å². The van der Waals surface area contributed by atoms with E-state index in [0.717, 1.165) is 22.3 Å². The molecule has 1 aromatic heterocycles. The molecular weight excluding hydrogens is 386 g/mol. The number of hydrogen-bond donors (Lipinski definition) is 0. The highest BCUT2D eigenvalue weighted by Gasteiger charge is 2.19. The second-order valence-electron chi connectivity index (χ2n) is 7.87. The van der Waals surface area contributed by atoms with Crippen molar-refractivity contribution in [3.8, 4) is 22.9 Å². The van der Waals surface area contributed by atoms with Gasteiger partial charge in [-0.15, -0.1) is 10.2 Å². The lowest BCUT2D eigenvalue weighted by Gasteiger charge is -2.27. The predicted molar refractivity (Wildman–Crippen MR) is 121 cm³/mol. The van der Waals surface area contributed by atoms with Gasteiger partial charge in [-0.2, -0.15) is 0 Å². The summed E-state index contributed by atoms with van der Waals surface area (Å²) >= 11 is 0. The van der Waals surface area contributed by atoms with Crippen LogP contribution in [-0.2, 0) is 6.54 Å². The molecule has 0 unspecified atom stereocenters. The van der Waals surface area contributed by atoms with E-state index in [4.69, 9.17) is 4.42 Å². The fourth-order valence-electron chi connectivity index (χ4n) is 3.42. The van der Waals surface area contributed by atoms with Crippen molar-refractivity contribution in [2.45, 2.75) is 33.4 Å². The molecule has 0 radical (unpaired) electrons. The summed E-state index contributed by atoms with van der Waals surface area (Å²) in [5.74, 6) is 0.907. The van der Waals surface area contributed by atoms with Crippen LogP contribution in [0.5, 0.6) is 0 Å². The number of aromatic nitrogens is 2. The highest BCUT2D eigenvalue weighted by atomic mass is 16.4. The summed E-state index contributed by atoms with van der Waals surface area (Å²) in [5.41, 5.74) is 4.54. The van der Waals surface area contributed by atoms with Crippen molar-refractivity contribution in [3.05, 3.63) is 95.6 Å². The quantitative estimate of drug-likeness (QED) is 0.405. The van der Waals surface area contributed by atoms with Gasteiger partial charge >= 0.3 is 0 Å². The van der Waals surface area contributed by atoms with Crippen LogP contribution in [0.4, 0.5) is 0 Å². The lowest BCUT2D eigenvalue weighted by molar-refractivity contribution is 0.0690. The number of hydrogen-bond acceptors (Lipinski definition) is 4. The number of carbonyl (C=O) groups is 1. The van der Waals surface area contributed by atoms with Gasteiger partial charge in [0.1, 0.15) is 0 Å². The smallest absolute Gasteiger partial charge is 0.254 e. The van der Waals surface area contributed by atoms with Gasteiger partial charge in [0.15, 0.2) is 0 Å². The van der Waals surface area contributed by atoms with Crippen molar-refractivity contribution < 1.29 is 9.21 Å². The van der Waals surface area contributed by atoms with Gasteiger partial charge in [0, 0.05) is 29.3 Å². The summed E-state index contributed by atoms with van der Waals surface area (Å²) in [6, 6.07) is 25.4. The molecule has 0 atom stereocenters. The number of amides is 1. The Morgan fingerprint density at radius 2 is 1.55 bits per heavy atom. The topological polar surface area (TPSA) is 59.2 Å². The van der Waals surface area contributed by atoms with Gasteiger partial charge in [-0.1, -0.05) is 48.0 Å². The van der Waals surface area contributed by atoms with Gasteiger partial charge < -0.3 is 9.32 Å². The molecule has 4 rings (SSSR count). The molecule has 0 aliphatic rings. The van der Waals surface area contributed by atoms with E-state index < -0.39 is 0 Å². The fourth-order valence-corrected chi connectivity index (χ4v) is 3.42.